The van der Waals surface area contributed by atoms with Crippen LogP contribution in [0.25, 0.3) is 0 Å². The second-order valence-electron chi connectivity index (χ2n) is 4.29. The van der Waals surface area contributed by atoms with Gasteiger partial charge in [0.15, 0.2) is 0 Å². The Morgan fingerprint density at radius 1 is 1.25 bits per heavy atom. The van der Waals surface area contributed by atoms with Crippen LogP contribution in [0.15, 0.2) is 46.5 Å². The van der Waals surface area contributed by atoms with Crippen LogP contribution in [-0.2, 0) is 14.6 Å². The summed E-state index contributed by atoms with van der Waals surface area (Å²) < 4.78 is 29.5. The zero-order chi connectivity index (χ0) is 14.8. The Morgan fingerprint density at radius 2 is 1.90 bits per heavy atom. The minimum absolute atomic E-state index is 0.0237. The maximum Gasteiger partial charge on any atom is 0.339 e. The quantitative estimate of drug-likeness (QED) is 0.878. The molecule has 0 atom stereocenters. The number of nitrogens with one attached hydrogen (secondary N) is 1. The summed E-state index contributed by atoms with van der Waals surface area (Å²) in [6.45, 7) is 3.81. The van der Waals surface area contributed by atoms with E-state index in [2.05, 4.69) is 4.98 Å². The van der Waals surface area contributed by atoms with Gasteiger partial charge in [0, 0.05) is 6.20 Å². The topological polar surface area (TPSA) is 76.2 Å². The fraction of sp³-hybridized carbons (Fsp3) is 0.214. The molecular formula is C14H15NO4S. The Hall–Kier alpha value is -2.08. The van der Waals surface area contributed by atoms with Gasteiger partial charge in [-0.2, -0.15) is 0 Å². The van der Waals surface area contributed by atoms with Crippen LogP contribution in [0.5, 0.6) is 0 Å². The van der Waals surface area contributed by atoms with Crippen LogP contribution < -0.4 is 0 Å². The molecule has 1 heterocycles. The molecule has 0 aliphatic heterocycles. The van der Waals surface area contributed by atoms with Gasteiger partial charge in [-0.3, -0.25) is 0 Å². The Bertz CT molecular complexity index is 714. The van der Waals surface area contributed by atoms with Gasteiger partial charge in [0.1, 0.15) is 5.03 Å². The normalized spacial score (nSPS) is 11.3. The molecule has 1 aromatic carbocycles. The molecule has 0 saturated carbocycles. The van der Waals surface area contributed by atoms with Gasteiger partial charge in [-0.1, -0.05) is 17.7 Å². The van der Waals surface area contributed by atoms with Gasteiger partial charge in [0.2, 0.25) is 9.84 Å². The van der Waals surface area contributed by atoms with E-state index in [4.69, 9.17) is 4.74 Å². The number of carbonyl (C=O) groups excluding carboxylic acids is 1. The number of hydrogen-bond donors (Lipinski definition) is 1. The van der Waals surface area contributed by atoms with Crippen LogP contribution in [0, 0.1) is 6.92 Å². The maximum absolute atomic E-state index is 12.4. The molecular weight excluding hydrogens is 278 g/mol. The summed E-state index contributed by atoms with van der Waals surface area (Å²) in [6.07, 6.45) is 1.33. The molecule has 20 heavy (non-hydrogen) atoms. The SMILES string of the molecule is CCOC(=O)c1c[nH]c(S(=O)(=O)c2ccc(C)cc2)c1. The van der Waals surface area contributed by atoms with Gasteiger partial charge < -0.3 is 9.72 Å². The van der Waals surface area contributed by atoms with Crippen molar-refractivity contribution in [3.05, 3.63) is 47.7 Å². The molecule has 0 saturated heterocycles. The predicted molar refractivity (Wildman–Crippen MR) is 73.4 cm³/mol. The first-order valence-electron chi connectivity index (χ1n) is 6.12. The molecule has 6 heteroatoms. The number of hydrogen-bond acceptors (Lipinski definition) is 4. The third-order valence-corrected chi connectivity index (χ3v) is 4.50. The van der Waals surface area contributed by atoms with E-state index >= 15 is 0 Å². The number of aromatic nitrogens is 1. The van der Waals surface area contributed by atoms with E-state index in [9.17, 15) is 13.2 Å². The minimum Gasteiger partial charge on any atom is -0.462 e. The third kappa shape index (κ3) is 2.75. The molecule has 106 valence electrons. The largest absolute Gasteiger partial charge is 0.462 e. The summed E-state index contributed by atoms with van der Waals surface area (Å²) in [5, 5.41) is -0.0237. The molecule has 0 radical (unpaired) electrons. The van der Waals surface area contributed by atoms with Crippen LogP contribution in [0.1, 0.15) is 22.8 Å². The fourth-order valence-corrected chi connectivity index (χ4v) is 2.95. The highest BCUT2D eigenvalue weighted by Crippen LogP contribution is 2.21. The average Bonchev–Trinajstić information content (AvgIpc) is 2.90. The lowest BCUT2D eigenvalue weighted by atomic mass is 10.2. The van der Waals surface area contributed by atoms with E-state index in [-0.39, 0.29) is 22.1 Å². The van der Waals surface area contributed by atoms with Gasteiger partial charge >= 0.3 is 5.97 Å². The van der Waals surface area contributed by atoms with Crippen molar-refractivity contribution in [2.75, 3.05) is 6.61 Å². The number of rotatable bonds is 4. The van der Waals surface area contributed by atoms with Crippen molar-refractivity contribution >= 4 is 15.8 Å². The van der Waals surface area contributed by atoms with Crippen molar-refractivity contribution in [2.24, 2.45) is 0 Å². The Labute approximate surface area is 117 Å². The fourth-order valence-electron chi connectivity index (χ4n) is 1.71. The Balaban J connectivity index is 2.35. The number of sulfone groups is 1. The number of benzene rings is 1. The molecule has 0 spiro atoms. The van der Waals surface area contributed by atoms with Crippen LogP contribution in [-0.4, -0.2) is 26.0 Å². The Kier molecular flexibility index (Phi) is 3.94. The van der Waals surface area contributed by atoms with E-state index in [1.54, 1.807) is 19.1 Å². The van der Waals surface area contributed by atoms with Crippen molar-refractivity contribution < 1.29 is 17.9 Å². The molecule has 0 amide bonds. The zero-order valence-electron chi connectivity index (χ0n) is 11.2. The van der Waals surface area contributed by atoms with Crippen molar-refractivity contribution in [1.82, 2.24) is 4.98 Å². The molecule has 2 aromatic rings. The second kappa shape index (κ2) is 5.50. The summed E-state index contributed by atoms with van der Waals surface area (Å²) >= 11 is 0. The van der Waals surface area contributed by atoms with E-state index in [1.165, 1.54) is 24.4 Å². The molecule has 1 N–H and O–H groups in total. The first kappa shape index (κ1) is 14.3. The van der Waals surface area contributed by atoms with Crippen molar-refractivity contribution in [3.63, 3.8) is 0 Å². The van der Waals surface area contributed by atoms with Crippen LogP contribution in [0.2, 0.25) is 0 Å². The second-order valence-corrected chi connectivity index (χ2v) is 6.21. The van der Waals surface area contributed by atoms with Gasteiger partial charge in [-0.25, -0.2) is 13.2 Å². The zero-order valence-corrected chi connectivity index (χ0v) is 12.0. The molecule has 1 aromatic heterocycles. The number of carbonyl (C=O) groups is 1. The molecule has 0 aliphatic rings. The molecule has 0 unspecified atom stereocenters. The highest BCUT2D eigenvalue weighted by Gasteiger charge is 2.21. The van der Waals surface area contributed by atoms with E-state index in [0.29, 0.717) is 0 Å². The number of H-pyrrole nitrogens is 1. The van der Waals surface area contributed by atoms with Gasteiger partial charge in [0.05, 0.1) is 17.1 Å². The summed E-state index contributed by atoms with van der Waals surface area (Å²) in [4.78, 5) is 14.3. The first-order chi connectivity index (χ1) is 9.45. The van der Waals surface area contributed by atoms with Crippen molar-refractivity contribution in [3.8, 4) is 0 Å². The molecule has 0 bridgehead atoms. The van der Waals surface area contributed by atoms with E-state index in [1.807, 2.05) is 6.92 Å². The maximum atomic E-state index is 12.4. The summed E-state index contributed by atoms with van der Waals surface area (Å²) in [5.41, 5.74) is 1.17. The van der Waals surface area contributed by atoms with Gasteiger partial charge in [-0.05, 0) is 32.0 Å². The van der Waals surface area contributed by atoms with E-state index in [0.717, 1.165) is 5.56 Å². The lowest BCUT2D eigenvalue weighted by molar-refractivity contribution is 0.0526. The number of ether oxygens (including phenoxy) is 1. The highest BCUT2D eigenvalue weighted by atomic mass is 32.2. The molecule has 5 nitrogen and oxygen atoms in total. The highest BCUT2D eigenvalue weighted by molar-refractivity contribution is 7.91. The average molecular weight is 293 g/mol. The number of esters is 1. The number of aromatic amines is 1. The van der Waals surface area contributed by atoms with Crippen LogP contribution >= 0.6 is 0 Å². The lowest BCUT2D eigenvalue weighted by Gasteiger charge is -2.02. The first-order valence-corrected chi connectivity index (χ1v) is 7.60. The van der Waals surface area contributed by atoms with Gasteiger partial charge in [-0.15, -0.1) is 0 Å². The van der Waals surface area contributed by atoms with Crippen LogP contribution in [0.4, 0.5) is 0 Å². The monoisotopic (exact) mass is 293 g/mol. The predicted octanol–water partition coefficient (Wildman–Crippen LogP) is 2.33. The van der Waals surface area contributed by atoms with E-state index < -0.39 is 15.8 Å². The minimum atomic E-state index is -3.65. The standard InChI is InChI=1S/C14H15NO4S/c1-3-19-14(16)11-8-13(15-9-11)20(17,18)12-6-4-10(2)5-7-12/h4-9,15H,3H2,1-2H3. The molecule has 0 aliphatic carbocycles. The third-order valence-electron chi connectivity index (χ3n) is 2.79. The van der Waals surface area contributed by atoms with Gasteiger partial charge in [0.25, 0.3) is 0 Å². The smallest absolute Gasteiger partial charge is 0.339 e. The van der Waals surface area contributed by atoms with Crippen molar-refractivity contribution in [2.45, 2.75) is 23.8 Å². The Morgan fingerprint density at radius 3 is 2.50 bits per heavy atom. The molecule has 0 fully saturated rings. The summed E-state index contributed by atoms with van der Waals surface area (Å²) in [7, 11) is -3.65. The summed E-state index contributed by atoms with van der Waals surface area (Å²) in [6, 6.07) is 7.81. The summed E-state index contributed by atoms with van der Waals surface area (Å²) in [5.74, 6) is -0.547. The van der Waals surface area contributed by atoms with Crippen molar-refractivity contribution in [1.29, 1.82) is 0 Å². The van der Waals surface area contributed by atoms with Crippen LogP contribution in [0.3, 0.4) is 0 Å². The number of aryl methyl sites for hydroxylation is 1. The lowest BCUT2D eigenvalue weighted by Crippen LogP contribution is -2.04. The molecule has 2 rings (SSSR count).